The van der Waals surface area contributed by atoms with Crippen LogP contribution >= 0.6 is 11.1 Å². The van der Waals surface area contributed by atoms with Crippen LogP contribution in [0.25, 0.3) is 0 Å². The molecule has 0 N–H and O–H groups in total. The molecule has 80 valence electrons. The Hall–Kier alpha value is 0.507. The highest BCUT2D eigenvalue weighted by Gasteiger charge is 2.49. The van der Waals surface area contributed by atoms with Crippen LogP contribution in [0, 0.1) is 0 Å². The van der Waals surface area contributed by atoms with Gasteiger partial charge in [0.15, 0.2) is 7.38 Å². The number of rotatable bonds is 3. The highest BCUT2D eigenvalue weighted by molar-refractivity contribution is 7.23. The van der Waals surface area contributed by atoms with Crippen molar-refractivity contribution >= 4 is 18.5 Å². The predicted octanol–water partition coefficient (Wildman–Crippen LogP) is 5.18. The average Bonchev–Trinajstić information content (AvgIpc) is 1.98. The molecule has 2 unspecified atom stereocenters. The third-order valence-electron chi connectivity index (χ3n) is 3.32. The normalized spacial score (nSPS) is 20.1. The molecule has 0 saturated carbocycles. The van der Waals surface area contributed by atoms with Crippen LogP contribution < -0.4 is 0 Å². The van der Waals surface area contributed by atoms with Crippen molar-refractivity contribution < 1.29 is 0 Å². The minimum absolute atomic E-state index is 0.304. The molecular formula is C11H25ClSi. The molecule has 0 aliphatic rings. The average molecular weight is 221 g/mol. The standard InChI is InChI=1S/C11H25ClSi/c1-8-10(4)13(12,9(2)3)11(5,6)7/h9-10H,8H2,1-7H3. The molecule has 2 atom stereocenters. The molecule has 0 nitrogen and oxygen atoms in total. The fourth-order valence-electron chi connectivity index (χ4n) is 2.47. The summed E-state index contributed by atoms with van der Waals surface area (Å²) in [6.45, 7) is 16.1. The van der Waals surface area contributed by atoms with Crippen LogP contribution in [0.3, 0.4) is 0 Å². The quantitative estimate of drug-likeness (QED) is 0.454. The van der Waals surface area contributed by atoms with Gasteiger partial charge in [-0.05, 0) is 16.1 Å². The van der Waals surface area contributed by atoms with Gasteiger partial charge in [0.1, 0.15) is 0 Å². The minimum atomic E-state index is -1.66. The minimum Gasteiger partial charge on any atom is -0.166 e. The van der Waals surface area contributed by atoms with Crippen molar-refractivity contribution in [1.29, 1.82) is 0 Å². The van der Waals surface area contributed by atoms with Gasteiger partial charge in [0, 0.05) is 0 Å². The van der Waals surface area contributed by atoms with Crippen molar-refractivity contribution in [2.45, 2.75) is 71.0 Å². The van der Waals surface area contributed by atoms with E-state index >= 15 is 0 Å². The van der Waals surface area contributed by atoms with Gasteiger partial charge in [-0.3, -0.25) is 0 Å². The first-order valence-corrected chi connectivity index (χ1v) is 8.53. The summed E-state index contributed by atoms with van der Waals surface area (Å²) in [5.74, 6) is 0. The summed E-state index contributed by atoms with van der Waals surface area (Å²) >= 11 is 6.94. The van der Waals surface area contributed by atoms with Gasteiger partial charge in [0.05, 0.1) is 0 Å². The summed E-state index contributed by atoms with van der Waals surface area (Å²) < 4.78 is 0. The van der Waals surface area contributed by atoms with Crippen LogP contribution in [0.1, 0.15) is 54.9 Å². The molecule has 13 heavy (non-hydrogen) atoms. The van der Waals surface area contributed by atoms with Crippen molar-refractivity contribution in [3.8, 4) is 0 Å². The summed E-state index contributed by atoms with van der Waals surface area (Å²) in [6, 6.07) is 0. The maximum Gasteiger partial charge on any atom is 0.167 e. The second-order valence-corrected chi connectivity index (χ2v) is 12.5. The van der Waals surface area contributed by atoms with E-state index in [9.17, 15) is 0 Å². The molecule has 2 heteroatoms. The number of hydrogen-bond acceptors (Lipinski definition) is 0. The molecule has 0 amide bonds. The van der Waals surface area contributed by atoms with Crippen molar-refractivity contribution in [3.05, 3.63) is 0 Å². The lowest BCUT2D eigenvalue weighted by atomic mass is 10.2. The Balaban J connectivity index is 4.96. The molecular weight excluding hydrogens is 196 g/mol. The summed E-state index contributed by atoms with van der Waals surface area (Å²) in [5, 5.41) is 0.304. The van der Waals surface area contributed by atoms with E-state index in [1.54, 1.807) is 0 Å². The molecule has 0 fully saturated rings. The van der Waals surface area contributed by atoms with E-state index in [1.165, 1.54) is 6.42 Å². The zero-order chi connectivity index (χ0) is 10.9. The van der Waals surface area contributed by atoms with Gasteiger partial charge in [0.25, 0.3) is 0 Å². The van der Waals surface area contributed by atoms with Gasteiger partial charge >= 0.3 is 0 Å². The van der Waals surface area contributed by atoms with Crippen molar-refractivity contribution in [2.24, 2.45) is 0 Å². The Morgan fingerprint density at radius 1 is 1.15 bits per heavy atom. The van der Waals surface area contributed by atoms with Crippen molar-refractivity contribution in [3.63, 3.8) is 0 Å². The van der Waals surface area contributed by atoms with E-state index in [-0.39, 0.29) is 0 Å². The summed E-state index contributed by atoms with van der Waals surface area (Å²) in [6.07, 6.45) is 1.21. The molecule has 0 radical (unpaired) electrons. The number of hydrogen-bond donors (Lipinski definition) is 0. The summed E-state index contributed by atoms with van der Waals surface area (Å²) in [7, 11) is -1.66. The SMILES string of the molecule is CCC(C)[Si](Cl)(C(C)C)C(C)(C)C. The smallest absolute Gasteiger partial charge is 0.166 e. The van der Waals surface area contributed by atoms with E-state index in [2.05, 4.69) is 48.5 Å². The number of halogens is 1. The molecule has 0 aromatic rings. The Morgan fingerprint density at radius 3 is 1.62 bits per heavy atom. The third kappa shape index (κ3) is 2.50. The molecule has 0 aliphatic carbocycles. The van der Waals surface area contributed by atoms with E-state index < -0.39 is 7.38 Å². The van der Waals surface area contributed by atoms with Gasteiger partial charge < -0.3 is 0 Å². The van der Waals surface area contributed by atoms with Gasteiger partial charge in [0.2, 0.25) is 0 Å². The first-order valence-electron chi connectivity index (χ1n) is 5.36. The first-order chi connectivity index (χ1) is 5.67. The summed E-state index contributed by atoms with van der Waals surface area (Å²) in [4.78, 5) is 0. The van der Waals surface area contributed by atoms with E-state index in [4.69, 9.17) is 11.1 Å². The van der Waals surface area contributed by atoms with Crippen molar-refractivity contribution in [1.82, 2.24) is 0 Å². The first kappa shape index (κ1) is 13.5. The maximum atomic E-state index is 6.94. The lowest BCUT2D eigenvalue weighted by Gasteiger charge is -2.44. The lowest BCUT2D eigenvalue weighted by Crippen LogP contribution is -2.44. The molecule has 0 aromatic carbocycles. The summed E-state index contributed by atoms with van der Waals surface area (Å²) in [5.41, 5.74) is 1.36. The Bertz CT molecular complexity index is 160. The Kier molecular flexibility index (Phi) is 4.52. The second kappa shape index (κ2) is 4.35. The fourth-order valence-corrected chi connectivity index (χ4v) is 7.88. The van der Waals surface area contributed by atoms with Crippen LogP contribution in [0.5, 0.6) is 0 Å². The molecule has 0 aromatic heterocycles. The molecule has 0 aliphatic heterocycles. The lowest BCUT2D eigenvalue weighted by molar-refractivity contribution is 0.661. The molecule has 0 rings (SSSR count). The highest BCUT2D eigenvalue weighted by Crippen LogP contribution is 2.53. The zero-order valence-corrected chi connectivity index (χ0v) is 12.0. The molecule has 0 saturated heterocycles. The Labute approximate surface area is 89.8 Å². The molecule has 0 heterocycles. The van der Waals surface area contributed by atoms with Gasteiger partial charge in [-0.25, -0.2) is 0 Å². The molecule has 0 spiro atoms. The monoisotopic (exact) mass is 220 g/mol. The maximum absolute atomic E-state index is 6.94. The van der Waals surface area contributed by atoms with Gasteiger partial charge in [-0.2, -0.15) is 11.1 Å². The topological polar surface area (TPSA) is 0 Å². The van der Waals surface area contributed by atoms with E-state index in [0.29, 0.717) is 16.1 Å². The predicted molar refractivity (Wildman–Crippen MR) is 66.1 cm³/mol. The van der Waals surface area contributed by atoms with E-state index in [0.717, 1.165) is 0 Å². The fraction of sp³-hybridized carbons (Fsp3) is 1.00. The van der Waals surface area contributed by atoms with Crippen LogP contribution in [0.4, 0.5) is 0 Å². The van der Waals surface area contributed by atoms with Crippen molar-refractivity contribution in [2.75, 3.05) is 0 Å². The van der Waals surface area contributed by atoms with E-state index in [1.807, 2.05) is 0 Å². The van der Waals surface area contributed by atoms with Crippen LogP contribution in [-0.4, -0.2) is 7.38 Å². The largest absolute Gasteiger partial charge is 0.167 e. The zero-order valence-electron chi connectivity index (χ0n) is 10.2. The van der Waals surface area contributed by atoms with Crippen LogP contribution in [0.15, 0.2) is 0 Å². The second-order valence-electron chi connectivity index (χ2n) is 5.48. The highest BCUT2D eigenvalue weighted by atomic mass is 35.6. The van der Waals surface area contributed by atoms with Crippen LogP contribution in [-0.2, 0) is 0 Å². The third-order valence-corrected chi connectivity index (χ3v) is 13.3. The van der Waals surface area contributed by atoms with Crippen LogP contribution in [0.2, 0.25) is 16.1 Å². The molecule has 0 bridgehead atoms. The van der Waals surface area contributed by atoms with Gasteiger partial charge in [-0.15, -0.1) is 0 Å². The van der Waals surface area contributed by atoms with Gasteiger partial charge in [-0.1, -0.05) is 54.9 Å². The Morgan fingerprint density at radius 2 is 1.54 bits per heavy atom.